The van der Waals surface area contributed by atoms with Gasteiger partial charge in [-0.2, -0.15) is 5.10 Å². The fourth-order valence-corrected chi connectivity index (χ4v) is 1.90. The molecule has 0 amide bonds. The normalized spacial score (nSPS) is 11.1. The third-order valence-corrected chi connectivity index (χ3v) is 2.99. The highest BCUT2D eigenvalue weighted by molar-refractivity contribution is 5.65. The lowest BCUT2D eigenvalue weighted by molar-refractivity contribution is 0.375. The highest BCUT2D eigenvalue weighted by atomic mass is 15.3. The molecule has 18 heavy (non-hydrogen) atoms. The molecule has 0 fully saturated rings. The van der Waals surface area contributed by atoms with E-state index in [4.69, 9.17) is 5.73 Å². The Balaban J connectivity index is 2.26. The zero-order chi connectivity index (χ0) is 13.1. The number of nitrogen functional groups attached to an aromatic ring is 1. The van der Waals surface area contributed by atoms with Crippen molar-refractivity contribution in [2.24, 2.45) is 0 Å². The molecule has 96 valence electrons. The number of nitrogens with two attached hydrogens (primary N) is 1. The lowest BCUT2D eigenvalue weighted by atomic mass is 10.1. The number of aryl methyl sites for hydroxylation is 1. The molecule has 0 unspecified atom stereocenters. The molecule has 0 bridgehead atoms. The summed E-state index contributed by atoms with van der Waals surface area (Å²) in [6.07, 6.45) is 0. The van der Waals surface area contributed by atoms with Crippen LogP contribution in [0.15, 0.2) is 30.3 Å². The van der Waals surface area contributed by atoms with Gasteiger partial charge in [0.15, 0.2) is 0 Å². The summed E-state index contributed by atoms with van der Waals surface area (Å²) in [4.78, 5) is 2.12. The topological polar surface area (TPSA) is 47.1 Å². The van der Waals surface area contributed by atoms with Gasteiger partial charge in [-0.3, -0.25) is 0 Å². The summed E-state index contributed by atoms with van der Waals surface area (Å²) in [5.41, 5.74) is 9.31. The summed E-state index contributed by atoms with van der Waals surface area (Å²) in [7, 11) is 4.09. The molecule has 1 aromatic heterocycles. The van der Waals surface area contributed by atoms with Crippen LogP contribution in [0.5, 0.6) is 0 Å². The monoisotopic (exact) mass is 244 g/mol. The van der Waals surface area contributed by atoms with Crippen LogP contribution in [0.2, 0.25) is 0 Å². The fourth-order valence-electron chi connectivity index (χ4n) is 1.90. The average molecular weight is 244 g/mol. The second-order valence-electron chi connectivity index (χ2n) is 4.80. The summed E-state index contributed by atoms with van der Waals surface area (Å²) in [5.74, 6) is 0.718. The Morgan fingerprint density at radius 3 is 2.67 bits per heavy atom. The van der Waals surface area contributed by atoms with Gasteiger partial charge in [0, 0.05) is 18.2 Å². The maximum absolute atomic E-state index is 6.00. The molecular weight excluding hydrogens is 224 g/mol. The van der Waals surface area contributed by atoms with Gasteiger partial charge in [-0.05, 0) is 26.6 Å². The molecule has 1 aromatic carbocycles. The number of likely N-dealkylation sites (N-methyl/N-ethyl adjacent to an activating group) is 1. The lowest BCUT2D eigenvalue weighted by Gasteiger charge is -2.10. The van der Waals surface area contributed by atoms with Gasteiger partial charge in [0.25, 0.3) is 0 Å². The Morgan fingerprint density at radius 2 is 2.00 bits per heavy atom. The van der Waals surface area contributed by atoms with Crippen molar-refractivity contribution in [1.29, 1.82) is 0 Å². The van der Waals surface area contributed by atoms with Gasteiger partial charge < -0.3 is 10.6 Å². The summed E-state index contributed by atoms with van der Waals surface area (Å²) in [6, 6.07) is 10.2. The van der Waals surface area contributed by atoms with Crippen molar-refractivity contribution in [2.45, 2.75) is 13.5 Å². The zero-order valence-electron chi connectivity index (χ0n) is 11.2. The van der Waals surface area contributed by atoms with Crippen LogP contribution < -0.4 is 5.73 Å². The maximum Gasteiger partial charge on any atom is 0.122 e. The van der Waals surface area contributed by atoms with E-state index in [1.807, 2.05) is 37.0 Å². The fraction of sp³-hybridized carbons (Fsp3) is 0.357. The van der Waals surface area contributed by atoms with E-state index in [0.29, 0.717) is 0 Å². The van der Waals surface area contributed by atoms with E-state index < -0.39 is 0 Å². The van der Waals surface area contributed by atoms with Gasteiger partial charge in [0.2, 0.25) is 0 Å². The molecule has 0 aliphatic carbocycles. The van der Waals surface area contributed by atoms with Crippen molar-refractivity contribution in [3.05, 3.63) is 35.9 Å². The average Bonchev–Trinajstić information content (AvgIpc) is 2.68. The smallest absolute Gasteiger partial charge is 0.122 e. The number of hydrogen-bond acceptors (Lipinski definition) is 3. The summed E-state index contributed by atoms with van der Waals surface area (Å²) >= 11 is 0. The quantitative estimate of drug-likeness (QED) is 0.895. The molecule has 1 heterocycles. The van der Waals surface area contributed by atoms with Crippen molar-refractivity contribution in [1.82, 2.24) is 14.7 Å². The molecule has 4 nitrogen and oxygen atoms in total. The van der Waals surface area contributed by atoms with E-state index in [1.165, 1.54) is 5.56 Å². The number of hydrogen-bond donors (Lipinski definition) is 1. The Morgan fingerprint density at radius 1 is 1.28 bits per heavy atom. The van der Waals surface area contributed by atoms with E-state index in [2.05, 4.69) is 29.1 Å². The highest BCUT2D eigenvalue weighted by Gasteiger charge is 2.08. The first-order chi connectivity index (χ1) is 8.58. The first-order valence-corrected chi connectivity index (χ1v) is 6.12. The number of benzene rings is 1. The zero-order valence-corrected chi connectivity index (χ0v) is 11.2. The third-order valence-electron chi connectivity index (χ3n) is 2.99. The van der Waals surface area contributed by atoms with Gasteiger partial charge in [-0.1, -0.05) is 24.3 Å². The SMILES string of the molecule is Cc1ccccc1-c1cc(N)n(CCN(C)C)n1. The molecule has 2 rings (SSSR count). The number of nitrogens with zero attached hydrogens (tertiary/aromatic N) is 3. The van der Waals surface area contributed by atoms with E-state index in [9.17, 15) is 0 Å². The number of anilines is 1. The number of rotatable bonds is 4. The van der Waals surface area contributed by atoms with Crippen LogP contribution in [-0.4, -0.2) is 35.3 Å². The molecule has 0 aliphatic heterocycles. The van der Waals surface area contributed by atoms with Crippen LogP contribution in [-0.2, 0) is 6.54 Å². The molecule has 0 radical (unpaired) electrons. The van der Waals surface area contributed by atoms with Crippen molar-refractivity contribution >= 4 is 5.82 Å². The standard InChI is InChI=1S/C14H20N4/c1-11-6-4-5-7-12(11)13-10-14(15)18(16-13)9-8-17(2)3/h4-7,10H,8-9,15H2,1-3H3. The molecule has 0 aliphatic rings. The van der Waals surface area contributed by atoms with Gasteiger partial charge in [0.05, 0.1) is 12.2 Å². The largest absolute Gasteiger partial charge is 0.384 e. The molecule has 2 N–H and O–H groups in total. The van der Waals surface area contributed by atoms with E-state index in [1.54, 1.807) is 0 Å². The van der Waals surface area contributed by atoms with E-state index in [0.717, 1.165) is 30.2 Å². The van der Waals surface area contributed by atoms with Crippen molar-refractivity contribution < 1.29 is 0 Å². The van der Waals surface area contributed by atoms with Crippen molar-refractivity contribution in [2.75, 3.05) is 26.4 Å². The van der Waals surface area contributed by atoms with E-state index >= 15 is 0 Å². The molecular formula is C14H20N4. The van der Waals surface area contributed by atoms with Crippen LogP contribution >= 0.6 is 0 Å². The molecule has 4 heteroatoms. The minimum Gasteiger partial charge on any atom is -0.384 e. The molecule has 0 atom stereocenters. The molecule has 2 aromatic rings. The molecule has 0 spiro atoms. The summed E-state index contributed by atoms with van der Waals surface area (Å²) < 4.78 is 1.86. The Hall–Kier alpha value is -1.81. The van der Waals surface area contributed by atoms with E-state index in [-0.39, 0.29) is 0 Å². The van der Waals surface area contributed by atoms with Crippen LogP contribution in [0, 0.1) is 6.92 Å². The minimum atomic E-state index is 0.718. The maximum atomic E-state index is 6.00. The van der Waals surface area contributed by atoms with Crippen molar-refractivity contribution in [3.63, 3.8) is 0 Å². The Labute approximate surface area is 108 Å². The Bertz CT molecular complexity index is 528. The molecule has 0 saturated heterocycles. The molecule has 0 saturated carbocycles. The predicted molar refractivity (Wildman–Crippen MR) is 75.4 cm³/mol. The predicted octanol–water partition coefficient (Wildman–Crippen LogP) is 2.00. The van der Waals surface area contributed by atoms with Gasteiger partial charge >= 0.3 is 0 Å². The van der Waals surface area contributed by atoms with Crippen molar-refractivity contribution in [3.8, 4) is 11.3 Å². The lowest BCUT2D eigenvalue weighted by Crippen LogP contribution is -2.19. The Kier molecular flexibility index (Phi) is 3.67. The van der Waals surface area contributed by atoms with Gasteiger partial charge in [-0.15, -0.1) is 0 Å². The van der Waals surface area contributed by atoms with Gasteiger partial charge in [0.1, 0.15) is 5.82 Å². The minimum absolute atomic E-state index is 0.718. The summed E-state index contributed by atoms with van der Waals surface area (Å²) in [5, 5.41) is 4.58. The van der Waals surface area contributed by atoms with Crippen LogP contribution in [0.4, 0.5) is 5.82 Å². The van der Waals surface area contributed by atoms with Crippen LogP contribution in [0.1, 0.15) is 5.56 Å². The van der Waals surface area contributed by atoms with Crippen LogP contribution in [0.25, 0.3) is 11.3 Å². The van der Waals surface area contributed by atoms with Crippen LogP contribution in [0.3, 0.4) is 0 Å². The first kappa shape index (κ1) is 12.6. The number of aromatic nitrogens is 2. The third kappa shape index (κ3) is 2.71. The van der Waals surface area contributed by atoms with Gasteiger partial charge in [-0.25, -0.2) is 4.68 Å². The first-order valence-electron chi connectivity index (χ1n) is 6.12. The summed E-state index contributed by atoms with van der Waals surface area (Å²) in [6.45, 7) is 3.83. The second kappa shape index (κ2) is 5.23. The second-order valence-corrected chi connectivity index (χ2v) is 4.80. The highest BCUT2D eigenvalue weighted by Crippen LogP contribution is 2.23.